The monoisotopic (exact) mass is 243 g/mol. The summed E-state index contributed by atoms with van der Waals surface area (Å²) in [7, 11) is 0. The third-order valence-corrected chi connectivity index (χ3v) is 3.52. The topological polar surface area (TPSA) is 56.9 Å². The number of amides is 1. The van der Waals surface area contributed by atoms with Gasteiger partial charge in [-0.1, -0.05) is 31.0 Å². The van der Waals surface area contributed by atoms with E-state index in [0.29, 0.717) is 11.7 Å². The number of fused-ring (bicyclic) bond motifs is 1. The quantitative estimate of drug-likeness (QED) is 0.725. The lowest BCUT2D eigenvalue weighted by Crippen LogP contribution is -2.43. The molecule has 4 heteroatoms. The van der Waals surface area contributed by atoms with Crippen LogP contribution < -0.4 is 10.9 Å². The van der Waals surface area contributed by atoms with Crippen LogP contribution in [-0.2, 0) is 0 Å². The van der Waals surface area contributed by atoms with E-state index >= 15 is 0 Å². The maximum absolute atomic E-state index is 12.0. The summed E-state index contributed by atoms with van der Waals surface area (Å²) >= 11 is 0. The van der Waals surface area contributed by atoms with Gasteiger partial charge >= 0.3 is 0 Å². The zero-order valence-corrected chi connectivity index (χ0v) is 10.2. The first kappa shape index (κ1) is 11.3. The summed E-state index contributed by atoms with van der Waals surface area (Å²) in [5.74, 6) is -0.0990. The molecule has 1 aromatic heterocycles. The van der Waals surface area contributed by atoms with Gasteiger partial charge in [0, 0.05) is 16.9 Å². The van der Waals surface area contributed by atoms with Crippen LogP contribution in [0.25, 0.3) is 10.9 Å². The van der Waals surface area contributed by atoms with E-state index in [1.54, 1.807) is 0 Å². The van der Waals surface area contributed by atoms with Crippen molar-refractivity contribution >= 4 is 16.8 Å². The average molecular weight is 243 g/mol. The SMILES string of the molecule is O=C(NNC1CCCC1)c1cc2ccccc2[nH]1. The van der Waals surface area contributed by atoms with Crippen molar-refractivity contribution in [3.63, 3.8) is 0 Å². The first-order valence-corrected chi connectivity index (χ1v) is 6.46. The fourth-order valence-corrected chi connectivity index (χ4v) is 2.50. The molecule has 0 spiro atoms. The number of para-hydroxylation sites is 1. The second-order valence-electron chi connectivity index (χ2n) is 4.85. The highest BCUT2D eigenvalue weighted by Gasteiger charge is 2.16. The largest absolute Gasteiger partial charge is 0.350 e. The number of hydrogen-bond donors (Lipinski definition) is 3. The molecule has 1 saturated carbocycles. The molecule has 0 aliphatic heterocycles. The molecule has 3 N–H and O–H groups in total. The number of benzene rings is 1. The van der Waals surface area contributed by atoms with Gasteiger partial charge in [0.05, 0.1) is 0 Å². The molecule has 94 valence electrons. The number of carbonyl (C=O) groups is 1. The van der Waals surface area contributed by atoms with Crippen molar-refractivity contribution in [2.24, 2.45) is 0 Å². The molecule has 1 heterocycles. The van der Waals surface area contributed by atoms with Crippen molar-refractivity contribution in [1.29, 1.82) is 0 Å². The zero-order chi connectivity index (χ0) is 12.4. The molecule has 0 radical (unpaired) electrons. The fourth-order valence-electron chi connectivity index (χ4n) is 2.50. The Morgan fingerprint density at radius 1 is 1.22 bits per heavy atom. The first-order valence-electron chi connectivity index (χ1n) is 6.46. The van der Waals surface area contributed by atoms with Crippen LogP contribution in [0.2, 0.25) is 0 Å². The summed E-state index contributed by atoms with van der Waals surface area (Å²) in [4.78, 5) is 15.1. The Kier molecular flexibility index (Phi) is 3.02. The molecule has 3 rings (SSSR count). The zero-order valence-electron chi connectivity index (χ0n) is 10.2. The van der Waals surface area contributed by atoms with Crippen LogP contribution in [0.3, 0.4) is 0 Å². The second kappa shape index (κ2) is 4.82. The Bertz CT molecular complexity index is 522. The Morgan fingerprint density at radius 3 is 2.78 bits per heavy atom. The number of hydrazine groups is 1. The normalized spacial score (nSPS) is 16.2. The summed E-state index contributed by atoms with van der Waals surface area (Å²) in [5.41, 5.74) is 7.47. The van der Waals surface area contributed by atoms with Gasteiger partial charge in [-0.05, 0) is 25.0 Å². The minimum Gasteiger partial charge on any atom is -0.350 e. The van der Waals surface area contributed by atoms with Crippen LogP contribution in [0, 0.1) is 0 Å². The van der Waals surface area contributed by atoms with Crippen molar-refractivity contribution in [1.82, 2.24) is 15.8 Å². The van der Waals surface area contributed by atoms with E-state index < -0.39 is 0 Å². The molecule has 1 aliphatic rings. The molecule has 1 aromatic carbocycles. The van der Waals surface area contributed by atoms with Gasteiger partial charge in [-0.2, -0.15) is 0 Å². The molecule has 0 atom stereocenters. The highest BCUT2D eigenvalue weighted by Crippen LogP contribution is 2.17. The van der Waals surface area contributed by atoms with Gasteiger partial charge < -0.3 is 4.98 Å². The van der Waals surface area contributed by atoms with Gasteiger partial charge in [-0.3, -0.25) is 10.2 Å². The molecule has 1 amide bonds. The van der Waals surface area contributed by atoms with Crippen LogP contribution in [0.4, 0.5) is 0 Å². The fraction of sp³-hybridized carbons (Fsp3) is 0.357. The van der Waals surface area contributed by atoms with Crippen molar-refractivity contribution < 1.29 is 4.79 Å². The molecular formula is C14H17N3O. The number of aromatic amines is 1. The minimum absolute atomic E-state index is 0.0990. The van der Waals surface area contributed by atoms with Crippen LogP contribution in [0.1, 0.15) is 36.2 Å². The Hall–Kier alpha value is -1.81. The smallest absolute Gasteiger partial charge is 0.281 e. The average Bonchev–Trinajstić information content (AvgIpc) is 3.04. The standard InChI is InChI=1S/C14H17N3O/c18-14(17-16-11-6-2-3-7-11)13-9-10-5-1-4-8-12(10)15-13/h1,4-5,8-9,11,15-16H,2-3,6-7H2,(H,17,18). The lowest BCUT2D eigenvalue weighted by molar-refractivity contribution is 0.0921. The molecular weight excluding hydrogens is 226 g/mol. The van der Waals surface area contributed by atoms with Crippen LogP contribution in [-0.4, -0.2) is 16.9 Å². The number of nitrogens with one attached hydrogen (secondary N) is 3. The highest BCUT2D eigenvalue weighted by atomic mass is 16.2. The Labute approximate surface area is 106 Å². The Balaban J connectivity index is 1.67. The maximum atomic E-state index is 12.0. The number of aromatic nitrogens is 1. The third kappa shape index (κ3) is 2.24. The summed E-state index contributed by atoms with van der Waals surface area (Å²) in [6.07, 6.45) is 4.79. The van der Waals surface area contributed by atoms with Crippen LogP contribution >= 0.6 is 0 Å². The molecule has 0 saturated heterocycles. The van der Waals surface area contributed by atoms with E-state index in [1.165, 1.54) is 12.8 Å². The predicted octanol–water partition coefficient (Wildman–Crippen LogP) is 2.34. The molecule has 4 nitrogen and oxygen atoms in total. The van der Waals surface area contributed by atoms with Crippen molar-refractivity contribution in [3.05, 3.63) is 36.0 Å². The summed E-state index contributed by atoms with van der Waals surface area (Å²) in [6.45, 7) is 0. The van der Waals surface area contributed by atoms with Gasteiger partial charge in [0.1, 0.15) is 5.69 Å². The van der Waals surface area contributed by atoms with E-state index in [9.17, 15) is 4.79 Å². The van der Waals surface area contributed by atoms with E-state index in [4.69, 9.17) is 0 Å². The van der Waals surface area contributed by atoms with Crippen LogP contribution in [0.15, 0.2) is 30.3 Å². The summed E-state index contributed by atoms with van der Waals surface area (Å²) in [5, 5.41) is 1.06. The minimum atomic E-state index is -0.0990. The molecule has 1 aliphatic carbocycles. The second-order valence-corrected chi connectivity index (χ2v) is 4.85. The van der Waals surface area contributed by atoms with Gasteiger partial charge in [-0.15, -0.1) is 0 Å². The molecule has 0 bridgehead atoms. The van der Waals surface area contributed by atoms with Gasteiger partial charge in [0.25, 0.3) is 5.91 Å². The lowest BCUT2D eigenvalue weighted by atomic mass is 10.2. The molecule has 1 fully saturated rings. The first-order chi connectivity index (χ1) is 8.83. The summed E-state index contributed by atoms with van der Waals surface area (Å²) < 4.78 is 0. The third-order valence-electron chi connectivity index (χ3n) is 3.52. The number of H-pyrrole nitrogens is 1. The Morgan fingerprint density at radius 2 is 2.00 bits per heavy atom. The number of hydrogen-bond acceptors (Lipinski definition) is 2. The van der Waals surface area contributed by atoms with Gasteiger partial charge in [0.15, 0.2) is 0 Å². The van der Waals surface area contributed by atoms with E-state index in [1.807, 2.05) is 30.3 Å². The van der Waals surface area contributed by atoms with Crippen molar-refractivity contribution in [2.45, 2.75) is 31.7 Å². The molecule has 18 heavy (non-hydrogen) atoms. The van der Waals surface area contributed by atoms with E-state index in [0.717, 1.165) is 23.7 Å². The molecule has 2 aromatic rings. The number of carbonyl (C=O) groups excluding carboxylic acids is 1. The van der Waals surface area contributed by atoms with Crippen LogP contribution in [0.5, 0.6) is 0 Å². The van der Waals surface area contributed by atoms with Gasteiger partial charge in [-0.25, -0.2) is 5.43 Å². The lowest BCUT2D eigenvalue weighted by Gasteiger charge is -2.12. The molecule has 0 unspecified atom stereocenters. The van der Waals surface area contributed by atoms with Crippen molar-refractivity contribution in [2.75, 3.05) is 0 Å². The van der Waals surface area contributed by atoms with E-state index in [2.05, 4.69) is 15.8 Å². The van der Waals surface area contributed by atoms with Crippen molar-refractivity contribution in [3.8, 4) is 0 Å². The number of rotatable bonds is 3. The van der Waals surface area contributed by atoms with E-state index in [-0.39, 0.29) is 5.91 Å². The highest BCUT2D eigenvalue weighted by molar-refractivity contribution is 5.97. The maximum Gasteiger partial charge on any atom is 0.281 e. The van der Waals surface area contributed by atoms with Gasteiger partial charge in [0.2, 0.25) is 0 Å². The predicted molar refractivity (Wildman–Crippen MR) is 71.2 cm³/mol. The summed E-state index contributed by atoms with van der Waals surface area (Å²) in [6, 6.07) is 10.2.